The van der Waals surface area contributed by atoms with Gasteiger partial charge in [-0.15, -0.1) is 0 Å². The van der Waals surface area contributed by atoms with Gasteiger partial charge in [0.25, 0.3) is 0 Å². The molecule has 0 bridgehead atoms. The Hall–Kier alpha value is -3.36. The number of rotatable bonds is 6. The molecular weight excluding hydrogens is 371 g/mol. The van der Waals surface area contributed by atoms with E-state index in [2.05, 4.69) is 20.6 Å². The quantitative estimate of drug-likeness (QED) is 0.679. The van der Waals surface area contributed by atoms with E-state index in [1.807, 2.05) is 29.1 Å². The average Bonchev–Trinajstić information content (AvgIpc) is 3.19. The number of aromatic nitrogens is 3. The summed E-state index contributed by atoms with van der Waals surface area (Å²) in [5, 5.41) is 5.58. The minimum absolute atomic E-state index is 0.0256. The Kier molecular flexibility index (Phi) is 5.62. The fourth-order valence-corrected chi connectivity index (χ4v) is 2.51. The minimum Gasteiger partial charge on any atom is -0.361 e. The molecule has 0 aliphatic heterocycles. The molecule has 3 rings (SSSR count). The third-order valence-corrected chi connectivity index (χ3v) is 3.89. The predicted molar refractivity (Wildman–Crippen MR) is 97.9 cm³/mol. The van der Waals surface area contributed by atoms with Gasteiger partial charge in [0.2, 0.25) is 5.91 Å². The molecule has 2 heterocycles. The second-order valence-corrected chi connectivity index (χ2v) is 6.07. The maximum atomic E-state index is 12.6. The molecule has 2 aromatic heterocycles. The van der Waals surface area contributed by atoms with Crippen LogP contribution < -0.4 is 10.6 Å². The Bertz CT molecular complexity index is 937. The van der Waals surface area contributed by atoms with Gasteiger partial charge in [0, 0.05) is 25.0 Å². The summed E-state index contributed by atoms with van der Waals surface area (Å²) in [5.41, 5.74) is -0.143. The van der Waals surface area contributed by atoms with Gasteiger partial charge in [-0.25, -0.2) is 9.97 Å². The van der Waals surface area contributed by atoms with Crippen molar-refractivity contribution >= 4 is 11.7 Å². The molecule has 0 unspecified atom stereocenters. The lowest BCUT2D eigenvalue weighted by atomic mass is 10.1. The summed E-state index contributed by atoms with van der Waals surface area (Å²) >= 11 is 0. The number of carbonyl (C=O) groups is 1. The molecule has 0 saturated heterocycles. The number of alkyl halides is 3. The molecule has 9 heteroatoms. The number of hydrogen-bond acceptors (Lipinski definition) is 4. The summed E-state index contributed by atoms with van der Waals surface area (Å²) in [6.45, 7) is 1.86. The van der Waals surface area contributed by atoms with E-state index in [1.165, 1.54) is 12.1 Å². The number of nitrogens with zero attached hydrogens (tertiary/aromatic N) is 3. The van der Waals surface area contributed by atoms with Crippen LogP contribution in [0.4, 0.5) is 19.0 Å². The van der Waals surface area contributed by atoms with Crippen molar-refractivity contribution in [2.45, 2.75) is 19.6 Å². The fraction of sp³-hybridized carbons (Fsp3) is 0.211. The molecule has 0 radical (unpaired) electrons. The summed E-state index contributed by atoms with van der Waals surface area (Å²) in [6, 6.07) is 10.1. The number of halogens is 3. The van der Waals surface area contributed by atoms with E-state index in [4.69, 9.17) is 0 Å². The van der Waals surface area contributed by atoms with Crippen LogP contribution in [0.3, 0.4) is 0 Å². The highest BCUT2D eigenvalue weighted by atomic mass is 19.4. The second-order valence-electron chi connectivity index (χ2n) is 6.07. The van der Waals surface area contributed by atoms with Crippen LogP contribution in [0.25, 0.3) is 5.82 Å². The summed E-state index contributed by atoms with van der Waals surface area (Å²) < 4.78 is 39.5. The average molecular weight is 389 g/mol. The summed E-state index contributed by atoms with van der Waals surface area (Å²) in [4.78, 5) is 20.6. The molecule has 0 aliphatic rings. The predicted octanol–water partition coefficient (Wildman–Crippen LogP) is 3.32. The first kappa shape index (κ1) is 19.4. The van der Waals surface area contributed by atoms with E-state index >= 15 is 0 Å². The highest BCUT2D eigenvalue weighted by Gasteiger charge is 2.29. The number of amides is 1. The monoisotopic (exact) mass is 389 g/mol. The molecule has 0 aliphatic carbocycles. The van der Waals surface area contributed by atoms with Crippen LogP contribution in [0, 0.1) is 6.92 Å². The summed E-state index contributed by atoms with van der Waals surface area (Å²) in [7, 11) is 0. The molecule has 1 aromatic carbocycles. The lowest BCUT2D eigenvalue weighted by Gasteiger charge is -2.10. The molecule has 0 atom stereocenters. The van der Waals surface area contributed by atoms with Gasteiger partial charge in [-0.2, -0.15) is 13.2 Å². The fourth-order valence-electron chi connectivity index (χ4n) is 2.51. The lowest BCUT2D eigenvalue weighted by molar-refractivity contribution is -0.137. The van der Waals surface area contributed by atoms with E-state index in [0.717, 1.165) is 12.1 Å². The van der Waals surface area contributed by atoms with Gasteiger partial charge < -0.3 is 15.2 Å². The largest absolute Gasteiger partial charge is 0.416 e. The van der Waals surface area contributed by atoms with E-state index in [9.17, 15) is 18.0 Å². The maximum Gasteiger partial charge on any atom is 0.416 e. The van der Waals surface area contributed by atoms with Crippen LogP contribution in [-0.4, -0.2) is 27.0 Å². The highest BCUT2D eigenvalue weighted by Crippen LogP contribution is 2.29. The van der Waals surface area contributed by atoms with Crippen molar-refractivity contribution in [3.8, 4) is 5.82 Å². The number of anilines is 1. The number of hydrogen-bond donors (Lipinski definition) is 2. The van der Waals surface area contributed by atoms with Crippen LogP contribution in [0.2, 0.25) is 0 Å². The van der Waals surface area contributed by atoms with Gasteiger partial charge in [0.05, 0.1) is 12.1 Å². The van der Waals surface area contributed by atoms with Gasteiger partial charge in [-0.1, -0.05) is 12.1 Å². The molecular formula is C19H18F3N5O. The van der Waals surface area contributed by atoms with Crippen molar-refractivity contribution in [3.63, 3.8) is 0 Å². The van der Waals surface area contributed by atoms with Crippen LogP contribution in [0.1, 0.15) is 17.0 Å². The Morgan fingerprint density at radius 1 is 1.11 bits per heavy atom. The number of nitrogens with one attached hydrogen (secondary N) is 2. The normalized spacial score (nSPS) is 11.3. The van der Waals surface area contributed by atoms with Crippen molar-refractivity contribution in [3.05, 3.63) is 71.8 Å². The number of benzene rings is 1. The number of aryl methyl sites for hydroxylation is 1. The van der Waals surface area contributed by atoms with E-state index in [1.54, 1.807) is 13.0 Å². The molecule has 28 heavy (non-hydrogen) atoms. The standard InChI is InChI=1S/C19H18F3N5O/c1-13-25-16(10-17(26-13)27-8-2-3-9-27)23-12-18(28)24-11-14-4-6-15(7-5-14)19(20,21)22/h2-10H,11-12H2,1H3,(H,24,28)(H,23,25,26). The van der Waals surface area contributed by atoms with Crippen molar-refractivity contribution in [1.82, 2.24) is 19.9 Å². The zero-order chi connectivity index (χ0) is 20.1. The smallest absolute Gasteiger partial charge is 0.361 e. The van der Waals surface area contributed by atoms with Gasteiger partial charge in [-0.3, -0.25) is 4.79 Å². The molecule has 6 nitrogen and oxygen atoms in total. The molecule has 2 N–H and O–H groups in total. The summed E-state index contributed by atoms with van der Waals surface area (Å²) in [5.74, 6) is 1.42. The molecule has 3 aromatic rings. The van der Waals surface area contributed by atoms with Crippen LogP contribution in [0.5, 0.6) is 0 Å². The highest BCUT2D eigenvalue weighted by molar-refractivity contribution is 5.80. The second kappa shape index (κ2) is 8.12. The van der Waals surface area contributed by atoms with Crippen molar-refractivity contribution in [2.75, 3.05) is 11.9 Å². The third kappa shape index (κ3) is 5.09. The maximum absolute atomic E-state index is 12.6. The number of carbonyl (C=O) groups excluding carboxylic acids is 1. The summed E-state index contributed by atoms with van der Waals surface area (Å²) in [6.07, 6.45) is -0.675. The molecule has 0 saturated carbocycles. The Labute approximate surface area is 159 Å². The van der Waals surface area contributed by atoms with E-state index < -0.39 is 11.7 Å². The molecule has 0 spiro atoms. The zero-order valence-corrected chi connectivity index (χ0v) is 15.0. The minimum atomic E-state index is -4.37. The Balaban J connectivity index is 1.53. The van der Waals surface area contributed by atoms with Crippen molar-refractivity contribution in [1.29, 1.82) is 0 Å². The Morgan fingerprint density at radius 2 is 1.79 bits per heavy atom. The molecule has 1 amide bonds. The van der Waals surface area contributed by atoms with Crippen LogP contribution in [0.15, 0.2) is 54.9 Å². The topological polar surface area (TPSA) is 71.8 Å². The Morgan fingerprint density at radius 3 is 2.43 bits per heavy atom. The van der Waals surface area contributed by atoms with Crippen LogP contribution in [-0.2, 0) is 17.5 Å². The van der Waals surface area contributed by atoms with Crippen LogP contribution >= 0.6 is 0 Å². The first-order chi connectivity index (χ1) is 13.3. The van der Waals surface area contributed by atoms with Crippen molar-refractivity contribution < 1.29 is 18.0 Å². The van der Waals surface area contributed by atoms with Gasteiger partial charge in [0.1, 0.15) is 17.5 Å². The first-order valence-corrected chi connectivity index (χ1v) is 8.47. The molecule has 0 fully saturated rings. The third-order valence-electron chi connectivity index (χ3n) is 3.89. The van der Waals surface area contributed by atoms with Crippen molar-refractivity contribution in [2.24, 2.45) is 0 Å². The lowest BCUT2D eigenvalue weighted by Crippen LogP contribution is -2.29. The zero-order valence-electron chi connectivity index (χ0n) is 15.0. The van der Waals surface area contributed by atoms with Gasteiger partial charge in [-0.05, 0) is 36.8 Å². The van der Waals surface area contributed by atoms with E-state index in [-0.39, 0.29) is 19.0 Å². The first-order valence-electron chi connectivity index (χ1n) is 8.47. The molecule has 146 valence electrons. The van der Waals surface area contributed by atoms with E-state index in [0.29, 0.717) is 23.0 Å². The van der Waals surface area contributed by atoms with Gasteiger partial charge in [0.15, 0.2) is 0 Å². The SMILES string of the molecule is Cc1nc(NCC(=O)NCc2ccc(C(F)(F)F)cc2)cc(-n2cccc2)n1. The van der Waals surface area contributed by atoms with Gasteiger partial charge >= 0.3 is 6.18 Å².